The highest BCUT2D eigenvalue weighted by molar-refractivity contribution is 5.96. The molecule has 6 rings (SSSR count). The van der Waals surface area contributed by atoms with Crippen molar-refractivity contribution in [3.63, 3.8) is 0 Å². The van der Waals surface area contributed by atoms with Crippen molar-refractivity contribution in [1.82, 2.24) is 15.1 Å². The molecule has 0 heterocycles. The van der Waals surface area contributed by atoms with Crippen molar-refractivity contribution in [2.24, 2.45) is 9.98 Å². The lowest BCUT2D eigenvalue weighted by Crippen LogP contribution is -2.60. The first kappa shape index (κ1) is 32.7. The molecule has 5 heteroatoms. The van der Waals surface area contributed by atoms with Gasteiger partial charge in [-0.1, -0.05) is 122 Å². The molecule has 44 heavy (non-hydrogen) atoms. The van der Waals surface area contributed by atoms with Gasteiger partial charge in [0, 0.05) is 30.2 Å². The van der Waals surface area contributed by atoms with Gasteiger partial charge < -0.3 is 15.1 Å². The van der Waals surface area contributed by atoms with Crippen LogP contribution in [0.4, 0.5) is 0 Å². The van der Waals surface area contributed by atoms with Crippen LogP contribution in [0, 0.1) is 0 Å². The summed E-state index contributed by atoms with van der Waals surface area (Å²) in [7, 11) is 0. The van der Waals surface area contributed by atoms with Gasteiger partial charge in [0.2, 0.25) is 11.9 Å². The van der Waals surface area contributed by atoms with Crippen molar-refractivity contribution < 1.29 is 0 Å². The average molecular weight is 608 g/mol. The Morgan fingerprint density at radius 1 is 0.386 bits per heavy atom. The van der Waals surface area contributed by atoms with E-state index in [1.165, 1.54) is 205 Å². The van der Waals surface area contributed by atoms with Crippen molar-refractivity contribution >= 4 is 11.9 Å². The molecule has 0 radical (unpaired) electrons. The molecule has 0 saturated heterocycles. The summed E-state index contributed by atoms with van der Waals surface area (Å²) in [6.45, 7) is 0. The first-order valence-corrected chi connectivity index (χ1v) is 20.3. The van der Waals surface area contributed by atoms with Gasteiger partial charge in [0.25, 0.3) is 0 Å². The average Bonchev–Trinajstić information content (AvgIpc) is 3.37. The van der Waals surface area contributed by atoms with Crippen LogP contribution in [0.1, 0.15) is 199 Å². The summed E-state index contributed by atoms with van der Waals surface area (Å²) in [5, 5.41) is 4.08. The molecule has 0 aromatic heterocycles. The maximum Gasteiger partial charge on any atom is 0.221 e. The molecular weight excluding hydrogens is 538 g/mol. The first-order chi connectivity index (χ1) is 21.8. The number of hydrogen-bond acceptors (Lipinski definition) is 1. The SMILES string of the molecule is C1CCC(/N=C(\N=C(/N(C2CCCCCC2)C2CCCCC2)N(C2CCCCC2)C2CCCCC2)NC2CCCCC2)CC1. The van der Waals surface area contributed by atoms with E-state index >= 15 is 0 Å². The molecule has 6 aliphatic carbocycles. The minimum absolute atomic E-state index is 0.457. The van der Waals surface area contributed by atoms with Crippen molar-refractivity contribution in [3.05, 3.63) is 0 Å². The van der Waals surface area contributed by atoms with Crippen LogP contribution in [0.3, 0.4) is 0 Å². The molecule has 0 aromatic rings. The van der Waals surface area contributed by atoms with Crippen LogP contribution in [0.5, 0.6) is 0 Å². The smallest absolute Gasteiger partial charge is 0.221 e. The standard InChI is InChI=1S/C39H69N5/c1-2-13-25-34(24-12-1)43(35-26-14-5-15-27-35)39(44(36-28-16-6-17-29-36)37-30-18-7-19-31-37)42-38(40-32-20-8-3-9-21-32)41-33-22-10-4-11-23-33/h32-37H,1-31H2,(H,40,41)/b42-39+. The largest absolute Gasteiger partial charge is 0.352 e. The molecule has 0 unspecified atom stereocenters. The fourth-order valence-electron chi connectivity index (χ4n) is 10.1. The molecule has 0 atom stereocenters. The van der Waals surface area contributed by atoms with Crippen LogP contribution < -0.4 is 5.32 Å². The van der Waals surface area contributed by atoms with Crippen LogP contribution in [0.2, 0.25) is 0 Å². The Morgan fingerprint density at radius 2 is 0.705 bits per heavy atom. The third-order valence-electron chi connectivity index (χ3n) is 12.6. The van der Waals surface area contributed by atoms with Crippen LogP contribution >= 0.6 is 0 Å². The van der Waals surface area contributed by atoms with Crippen LogP contribution in [0.15, 0.2) is 9.98 Å². The Kier molecular flexibility index (Phi) is 13.1. The zero-order valence-electron chi connectivity index (χ0n) is 28.7. The molecule has 5 nitrogen and oxygen atoms in total. The Labute approximate surface area is 271 Å². The van der Waals surface area contributed by atoms with Gasteiger partial charge in [-0.3, -0.25) is 0 Å². The van der Waals surface area contributed by atoms with E-state index in [1.54, 1.807) is 0 Å². The molecule has 6 saturated carbocycles. The van der Waals surface area contributed by atoms with Gasteiger partial charge in [-0.05, 0) is 77.0 Å². The van der Waals surface area contributed by atoms with Gasteiger partial charge in [0.15, 0.2) is 0 Å². The highest BCUT2D eigenvalue weighted by atomic mass is 15.4. The number of rotatable bonds is 6. The van der Waals surface area contributed by atoms with E-state index in [1.807, 2.05) is 0 Å². The summed E-state index contributed by atoms with van der Waals surface area (Å²) in [5.74, 6) is 2.44. The summed E-state index contributed by atoms with van der Waals surface area (Å²) in [5.41, 5.74) is 0. The first-order valence-electron chi connectivity index (χ1n) is 20.3. The highest BCUT2D eigenvalue weighted by Crippen LogP contribution is 2.36. The molecular formula is C39H69N5. The number of guanidine groups is 2. The van der Waals surface area contributed by atoms with Gasteiger partial charge in [-0.15, -0.1) is 0 Å². The van der Waals surface area contributed by atoms with E-state index in [9.17, 15) is 0 Å². The maximum atomic E-state index is 6.00. The zero-order valence-corrected chi connectivity index (χ0v) is 28.7. The molecule has 0 aromatic carbocycles. The Balaban J connectivity index is 1.44. The second-order valence-electron chi connectivity index (χ2n) is 16.0. The second kappa shape index (κ2) is 17.6. The van der Waals surface area contributed by atoms with Gasteiger partial charge in [-0.2, -0.15) is 4.99 Å². The second-order valence-corrected chi connectivity index (χ2v) is 16.0. The minimum Gasteiger partial charge on any atom is -0.352 e. The molecule has 1 N–H and O–H groups in total. The summed E-state index contributed by atoms with van der Waals surface area (Å²) in [6, 6.07) is 3.64. The fraction of sp³-hybridized carbons (Fsp3) is 0.949. The quantitative estimate of drug-likeness (QED) is 0.186. The zero-order chi connectivity index (χ0) is 29.8. The Morgan fingerprint density at radius 3 is 1.09 bits per heavy atom. The number of aliphatic imine (C=N–C) groups is 2. The van der Waals surface area contributed by atoms with Crippen LogP contribution in [-0.2, 0) is 0 Å². The van der Waals surface area contributed by atoms with Crippen molar-refractivity contribution in [3.8, 4) is 0 Å². The normalized spacial score (nSPS) is 27.6. The lowest BCUT2D eigenvalue weighted by Gasteiger charge is -2.51. The predicted octanol–water partition coefficient (Wildman–Crippen LogP) is 10.3. The molecule has 6 fully saturated rings. The van der Waals surface area contributed by atoms with E-state index in [4.69, 9.17) is 9.98 Å². The Bertz CT molecular complexity index is 843. The van der Waals surface area contributed by atoms with Gasteiger partial charge in [0.05, 0.1) is 6.04 Å². The van der Waals surface area contributed by atoms with Crippen LogP contribution in [-0.4, -0.2) is 58.0 Å². The summed E-state index contributed by atoms with van der Waals surface area (Å²) < 4.78 is 0. The lowest BCUT2D eigenvalue weighted by atomic mass is 9.88. The lowest BCUT2D eigenvalue weighted by molar-refractivity contribution is 0.0996. The monoisotopic (exact) mass is 608 g/mol. The molecule has 0 spiro atoms. The molecule has 0 aliphatic heterocycles. The van der Waals surface area contributed by atoms with Crippen molar-refractivity contribution in [1.29, 1.82) is 0 Å². The number of hydrogen-bond donors (Lipinski definition) is 1. The van der Waals surface area contributed by atoms with Crippen LogP contribution in [0.25, 0.3) is 0 Å². The number of nitrogens with one attached hydrogen (secondary N) is 1. The van der Waals surface area contributed by atoms with Crippen molar-refractivity contribution in [2.45, 2.75) is 235 Å². The Hall–Kier alpha value is -1.26. The minimum atomic E-state index is 0.457. The predicted molar refractivity (Wildman–Crippen MR) is 188 cm³/mol. The highest BCUT2D eigenvalue weighted by Gasteiger charge is 2.39. The molecule has 0 amide bonds. The van der Waals surface area contributed by atoms with Crippen molar-refractivity contribution in [2.75, 3.05) is 0 Å². The van der Waals surface area contributed by atoms with E-state index in [-0.39, 0.29) is 0 Å². The molecule has 250 valence electrons. The van der Waals surface area contributed by atoms with Gasteiger partial charge in [0.1, 0.15) is 0 Å². The van der Waals surface area contributed by atoms with E-state index in [2.05, 4.69) is 15.1 Å². The molecule has 0 bridgehead atoms. The van der Waals surface area contributed by atoms with Gasteiger partial charge >= 0.3 is 0 Å². The fourth-order valence-corrected chi connectivity index (χ4v) is 10.1. The summed E-state index contributed by atoms with van der Waals surface area (Å²) in [4.78, 5) is 17.7. The summed E-state index contributed by atoms with van der Waals surface area (Å²) >= 11 is 0. The third kappa shape index (κ3) is 9.18. The van der Waals surface area contributed by atoms with E-state index < -0.39 is 0 Å². The maximum absolute atomic E-state index is 6.00. The topological polar surface area (TPSA) is 43.2 Å². The van der Waals surface area contributed by atoms with E-state index in [0.29, 0.717) is 36.3 Å². The molecule has 6 aliphatic rings. The number of nitrogens with zero attached hydrogens (tertiary/aromatic N) is 4. The third-order valence-corrected chi connectivity index (χ3v) is 12.6. The van der Waals surface area contributed by atoms with Gasteiger partial charge in [-0.25, -0.2) is 4.99 Å². The van der Waals surface area contributed by atoms with E-state index in [0.717, 1.165) is 5.96 Å². The summed E-state index contributed by atoms with van der Waals surface area (Å²) in [6.07, 6.45) is 42.5.